The van der Waals surface area contributed by atoms with Gasteiger partial charge in [-0.05, 0) is 24.5 Å². The summed E-state index contributed by atoms with van der Waals surface area (Å²) < 4.78 is 26.0. The van der Waals surface area contributed by atoms with Crippen LogP contribution in [0, 0.1) is 0 Å². The molecule has 1 aromatic heterocycles. The molecular formula is C12H13F2N3S. The van der Waals surface area contributed by atoms with E-state index in [4.69, 9.17) is 0 Å². The Hall–Kier alpha value is -1.56. The maximum absolute atomic E-state index is 12.6. The second-order valence-electron chi connectivity index (χ2n) is 3.61. The summed E-state index contributed by atoms with van der Waals surface area (Å²) in [4.78, 5) is 5.03. The van der Waals surface area contributed by atoms with Crippen molar-refractivity contribution < 1.29 is 8.78 Å². The summed E-state index contributed by atoms with van der Waals surface area (Å²) in [6.45, 7) is -2.28. The third-order valence-electron chi connectivity index (χ3n) is 2.48. The molecule has 0 saturated heterocycles. The minimum atomic E-state index is -2.55. The summed E-state index contributed by atoms with van der Waals surface area (Å²) in [6, 6.07) is 7.79. The molecule has 1 N–H and O–H groups in total. The summed E-state index contributed by atoms with van der Waals surface area (Å²) in [6.07, 6.45) is 4.64. The number of nitrogens with zero attached hydrogens (tertiary/aromatic N) is 2. The van der Waals surface area contributed by atoms with Crippen molar-refractivity contribution in [2.24, 2.45) is 0 Å². The maximum Gasteiger partial charge on any atom is 0.319 e. The maximum atomic E-state index is 12.6. The molecule has 0 unspecified atom stereocenters. The van der Waals surface area contributed by atoms with Gasteiger partial charge < -0.3 is 5.32 Å². The van der Waals surface area contributed by atoms with Crippen molar-refractivity contribution in [3.05, 3.63) is 42.5 Å². The van der Waals surface area contributed by atoms with Crippen LogP contribution < -0.4 is 5.32 Å². The van der Waals surface area contributed by atoms with E-state index < -0.39 is 6.55 Å². The first-order chi connectivity index (χ1) is 8.70. The van der Waals surface area contributed by atoms with E-state index in [2.05, 4.69) is 10.3 Å². The molecule has 0 amide bonds. The molecule has 2 rings (SSSR count). The number of imidazole rings is 1. The van der Waals surface area contributed by atoms with Gasteiger partial charge in [0.15, 0.2) is 0 Å². The van der Waals surface area contributed by atoms with Crippen molar-refractivity contribution in [2.75, 3.05) is 11.6 Å². The lowest BCUT2D eigenvalue weighted by molar-refractivity contribution is 0.0673. The highest BCUT2D eigenvalue weighted by molar-refractivity contribution is 7.98. The van der Waals surface area contributed by atoms with Gasteiger partial charge in [-0.15, -0.1) is 11.8 Å². The molecule has 0 spiro atoms. The summed E-state index contributed by atoms with van der Waals surface area (Å²) in [7, 11) is 0. The predicted molar refractivity (Wildman–Crippen MR) is 69.0 cm³/mol. The number of alkyl halides is 2. The summed E-state index contributed by atoms with van der Waals surface area (Å²) in [5.74, 6) is 0.319. The minimum absolute atomic E-state index is 0.273. The Bertz CT molecular complexity index is 514. The monoisotopic (exact) mass is 269 g/mol. The molecule has 0 atom stereocenters. The number of aromatic nitrogens is 2. The average Bonchev–Trinajstić information content (AvgIpc) is 2.85. The van der Waals surface area contributed by atoms with Crippen LogP contribution >= 0.6 is 11.8 Å². The van der Waals surface area contributed by atoms with Crippen LogP contribution in [0.4, 0.5) is 14.5 Å². The number of benzene rings is 1. The van der Waals surface area contributed by atoms with Crippen molar-refractivity contribution in [1.29, 1.82) is 0 Å². The molecule has 1 heterocycles. The molecular weight excluding hydrogens is 256 g/mol. The molecule has 2 aromatic rings. The average molecular weight is 269 g/mol. The van der Waals surface area contributed by atoms with E-state index in [1.54, 1.807) is 11.8 Å². The number of rotatable bonds is 5. The Morgan fingerprint density at radius 2 is 2.28 bits per heavy atom. The van der Waals surface area contributed by atoms with Crippen LogP contribution in [0.5, 0.6) is 0 Å². The highest BCUT2D eigenvalue weighted by Crippen LogP contribution is 2.20. The Morgan fingerprint density at radius 3 is 3.00 bits per heavy atom. The van der Waals surface area contributed by atoms with Crippen molar-refractivity contribution >= 4 is 17.4 Å². The van der Waals surface area contributed by atoms with Gasteiger partial charge in [-0.2, -0.15) is 8.78 Å². The van der Waals surface area contributed by atoms with Crippen LogP contribution in [-0.2, 0) is 6.54 Å². The van der Waals surface area contributed by atoms with Crippen LogP contribution in [0.15, 0.2) is 41.6 Å². The smallest absolute Gasteiger partial charge is 0.319 e. The third kappa shape index (κ3) is 3.01. The molecule has 0 radical (unpaired) electrons. The van der Waals surface area contributed by atoms with E-state index in [9.17, 15) is 8.78 Å². The van der Waals surface area contributed by atoms with E-state index in [1.165, 1.54) is 12.4 Å². The van der Waals surface area contributed by atoms with Crippen LogP contribution in [-0.4, -0.2) is 15.8 Å². The zero-order valence-corrected chi connectivity index (χ0v) is 10.6. The van der Waals surface area contributed by atoms with Gasteiger partial charge in [0.2, 0.25) is 0 Å². The van der Waals surface area contributed by atoms with Crippen molar-refractivity contribution in [3.8, 4) is 0 Å². The molecule has 96 valence electrons. The zero-order valence-electron chi connectivity index (χ0n) is 9.81. The molecule has 3 nitrogen and oxygen atoms in total. The van der Waals surface area contributed by atoms with Gasteiger partial charge >= 0.3 is 6.55 Å². The number of hydrogen-bond acceptors (Lipinski definition) is 3. The topological polar surface area (TPSA) is 29.9 Å². The predicted octanol–water partition coefficient (Wildman–Crippen LogP) is 3.61. The van der Waals surface area contributed by atoms with E-state index in [0.717, 1.165) is 15.1 Å². The van der Waals surface area contributed by atoms with Gasteiger partial charge in [0, 0.05) is 23.0 Å². The fourth-order valence-electron chi connectivity index (χ4n) is 1.57. The number of nitrogens with one attached hydrogen (secondary N) is 1. The normalized spacial score (nSPS) is 10.9. The number of halogens is 2. The van der Waals surface area contributed by atoms with Crippen molar-refractivity contribution in [1.82, 2.24) is 9.55 Å². The fourth-order valence-corrected chi connectivity index (χ4v) is 2.03. The lowest BCUT2D eigenvalue weighted by Crippen LogP contribution is -2.08. The molecule has 0 fully saturated rings. The van der Waals surface area contributed by atoms with Gasteiger partial charge in [0.05, 0.1) is 6.54 Å². The molecule has 6 heteroatoms. The van der Waals surface area contributed by atoms with Crippen LogP contribution in [0.25, 0.3) is 0 Å². The number of thioether (sulfide) groups is 1. The first-order valence-electron chi connectivity index (χ1n) is 5.38. The van der Waals surface area contributed by atoms with Gasteiger partial charge in [-0.3, -0.25) is 4.57 Å². The molecule has 0 aliphatic heterocycles. The first-order valence-corrected chi connectivity index (χ1v) is 6.61. The molecule has 0 aliphatic carbocycles. The quantitative estimate of drug-likeness (QED) is 0.841. The number of anilines is 1. The molecule has 0 aliphatic rings. The van der Waals surface area contributed by atoms with E-state index in [0.29, 0.717) is 5.82 Å². The van der Waals surface area contributed by atoms with Crippen LogP contribution in [0.2, 0.25) is 0 Å². The molecule has 0 saturated carbocycles. The summed E-state index contributed by atoms with van der Waals surface area (Å²) in [5, 5.41) is 3.09. The van der Waals surface area contributed by atoms with Gasteiger partial charge in [0.1, 0.15) is 5.82 Å². The van der Waals surface area contributed by atoms with Crippen LogP contribution in [0.3, 0.4) is 0 Å². The Balaban J connectivity index is 2.04. The molecule has 1 aromatic carbocycles. The van der Waals surface area contributed by atoms with Gasteiger partial charge in [0.25, 0.3) is 0 Å². The second kappa shape index (κ2) is 5.86. The van der Waals surface area contributed by atoms with Gasteiger partial charge in [-0.1, -0.05) is 6.07 Å². The summed E-state index contributed by atoms with van der Waals surface area (Å²) >= 11 is 1.63. The lowest BCUT2D eigenvalue weighted by Gasteiger charge is -2.09. The number of hydrogen-bond donors (Lipinski definition) is 1. The SMILES string of the molecule is CSc1cccc(NCc2nccn2C(F)F)c1. The summed E-state index contributed by atoms with van der Waals surface area (Å²) in [5.41, 5.74) is 0.894. The minimum Gasteiger partial charge on any atom is -0.378 e. The molecule has 0 bridgehead atoms. The second-order valence-corrected chi connectivity index (χ2v) is 4.49. The zero-order chi connectivity index (χ0) is 13.0. The fraction of sp³-hybridized carbons (Fsp3) is 0.250. The van der Waals surface area contributed by atoms with Crippen LogP contribution in [0.1, 0.15) is 12.4 Å². The van der Waals surface area contributed by atoms with Crippen molar-refractivity contribution in [3.63, 3.8) is 0 Å². The van der Waals surface area contributed by atoms with E-state index in [1.807, 2.05) is 30.5 Å². The van der Waals surface area contributed by atoms with E-state index >= 15 is 0 Å². The highest BCUT2D eigenvalue weighted by atomic mass is 32.2. The van der Waals surface area contributed by atoms with Gasteiger partial charge in [-0.25, -0.2) is 4.98 Å². The Morgan fingerprint density at radius 1 is 1.44 bits per heavy atom. The third-order valence-corrected chi connectivity index (χ3v) is 3.20. The standard InChI is InChI=1S/C12H13F2N3S/c1-18-10-4-2-3-9(7-10)16-8-11-15-5-6-17(11)12(13)14/h2-7,12,16H,8H2,1H3. The van der Waals surface area contributed by atoms with E-state index in [-0.39, 0.29) is 6.54 Å². The highest BCUT2D eigenvalue weighted by Gasteiger charge is 2.10. The lowest BCUT2D eigenvalue weighted by atomic mass is 10.3. The largest absolute Gasteiger partial charge is 0.378 e. The van der Waals surface area contributed by atoms with Crippen molar-refractivity contribution in [2.45, 2.75) is 18.0 Å². The Kier molecular flexibility index (Phi) is 4.19. The molecule has 18 heavy (non-hydrogen) atoms. The Labute approximate surface area is 108 Å². The first kappa shape index (κ1) is 12.9.